The molecule has 6 heteroatoms. The molecule has 0 spiro atoms. The van der Waals surface area contributed by atoms with Crippen molar-refractivity contribution in [3.05, 3.63) is 97.2 Å². The second-order valence-corrected chi connectivity index (χ2v) is 20.6. The Hall–Kier alpha value is -3.67. The minimum absolute atomic E-state index is 0.0786. The van der Waals surface area contributed by atoms with Crippen LogP contribution in [0.25, 0.3) is 0 Å². The van der Waals surface area contributed by atoms with Crippen LogP contribution in [0.5, 0.6) is 0 Å². The molecule has 0 bridgehead atoms. The first-order chi connectivity index (χ1) is 36.5. The standard InChI is InChI=1S/C68H116O6/c1-4-7-10-13-15-17-19-21-23-25-27-28-29-30-31-32-33-34-35-36-37-38-39-40-41-43-44-46-48-50-52-55-58-61-67(70)73-64-65(63-72-66(69)60-57-54-12-9-6-3)74-68(71)62-59-56-53-51-49-47-45-42-26-24-22-20-18-16-14-11-8-5-2/h7,10,15,17,21,23-24,26-28,30-31,33-34,36-37,65H,4-6,8-9,11-14,16,18-20,22,25,29,32,35,38-64H2,1-3H3/b10-7-,17-15-,23-21-,26-24-,28-27-,31-30-,34-33-,37-36-. The molecule has 6 nitrogen and oxygen atoms in total. The summed E-state index contributed by atoms with van der Waals surface area (Å²) in [6.07, 6.45) is 83.2. The molecule has 0 aliphatic rings. The van der Waals surface area contributed by atoms with Crippen LogP contribution in [0.15, 0.2) is 97.2 Å². The normalized spacial score (nSPS) is 12.7. The van der Waals surface area contributed by atoms with Gasteiger partial charge >= 0.3 is 17.9 Å². The number of carbonyl (C=O) groups is 3. The van der Waals surface area contributed by atoms with E-state index in [0.29, 0.717) is 19.3 Å². The van der Waals surface area contributed by atoms with Gasteiger partial charge in [0.25, 0.3) is 0 Å². The number of rotatable bonds is 56. The molecule has 0 aromatic carbocycles. The summed E-state index contributed by atoms with van der Waals surface area (Å²) in [6.45, 7) is 6.45. The summed E-state index contributed by atoms with van der Waals surface area (Å²) in [6, 6.07) is 0. The van der Waals surface area contributed by atoms with Crippen molar-refractivity contribution < 1.29 is 28.6 Å². The zero-order valence-corrected chi connectivity index (χ0v) is 48.6. The third-order valence-corrected chi connectivity index (χ3v) is 13.3. The predicted molar refractivity (Wildman–Crippen MR) is 320 cm³/mol. The second kappa shape index (κ2) is 61.9. The summed E-state index contributed by atoms with van der Waals surface area (Å²) in [7, 11) is 0. The van der Waals surface area contributed by atoms with Crippen molar-refractivity contribution in [1.29, 1.82) is 0 Å². The van der Waals surface area contributed by atoms with Crippen molar-refractivity contribution in [3.8, 4) is 0 Å². The lowest BCUT2D eigenvalue weighted by molar-refractivity contribution is -0.167. The fourth-order valence-corrected chi connectivity index (χ4v) is 8.65. The third-order valence-electron chi connectivity index (χ3n) is 13.3. The van der Waals surface area contributed by atoms with Crippen LogP contribution in [0, 0.1) is 0 Å². The highest BCUT2D eigenvalue weighted by Gasteiger charge is 2.19. The molecule has 0 aliphatic heterocycles. The van der Waals surface area contributed by atoms with Gasteiger partial charge in [0, 0.05) is 19.3 Å². The lowest BCUT2D eigenvalue weighted by atomic mass is 10.0. The van der Waals surface area contributed by atoms with E-state index in [1.807, 2.05) is 0 Å². The van der Waals surface area contributed by atoms with Gasteiger partial charge in [0.1, 0.15) is 13.2 Å². The van der Waals surface area contributed by atoms with Gasteiger partial charge in [-0.25, -0.2) is 0 Å². The number of unbranched alkanes of at least 4 members (excludes halogenated alkanes) is 29. The molecule has 0 heterocycles. The van der Waals surface area contributed by atoms with Crippen LogP contribution in [0.2, 0.25) is 0 Å². The van der Waals surface area contributed by atoms with Gasteiger partial charge in [-0.3, -0.25) is 14.4 Å². The molecule has 0 rings (SSSR count). The van der Waals surface area contributed by atoms with Crippen molar-refractivity contribution >= 4 is 17.9 Å². The summed E-state index contributed by atoms with van der Waals surface area (Å²) in [5, 5.41) is 0. The molecule has 424 valence electrons. The van der Waals surface area contributed by atoms with Crippen LogP contribution in [-0.2, 0) is 28.6 Å². The van der Waals surface area contributed by atoms with Crippen LogP contribution >= 0.6 is 0 Å². The molecule has 0 saturated heterocycles. The van der Waals surface area contributed by atoms with Gasteiger partial charge in [-0.2, -0.15) is 0 Å². The highest BCUT2D eigenvalue weighted by Crippen LogP contribution is 2.16. The predicted octanol–water partition coefficient (Wildman–Crippen LogP) is 21.3. The van der Waals surface area contributed by atoms with E-state index in [1.165, 1.54) is 148 Å². The fourth-order valence-electron chi connectivity index (χ4n) is 8.65. The summed E-state index contributed by atoms with van der Waals surface area (Å²) in [5.41, 5.74) is 0. The van der Waals surface area contributed by atoms with E-state index < -0.39 is 6.10 Å². The van der Waals surface area contributed by atoms with E-state index in [9.17, 15) is 14.4 Å². The Morgan fingerprint density at radius 2 is 0.527 bits per heavy atom. The number of hydrogen-bond acceptors (Lipinski definition) is 6. The van der Waals surface area contributed by atoms with Crippen molar-refractivity contribution in [1.82, 2.24) is 0 Å². The Balaban J connectivity index is 4.03. The molecule has 0 aliphatic carbocycles. The summed E-state index contributed by atoms with van der Waals surface area (Å²) >= 11 is 0. The molecule has 0 radical (unpaired) electrons. The van der Waals surface area contributed by atoms with E-state index >= 15 is 0 Å². The van der Waals surface area contributed by atoms with Crippen LogP contribution < -0.4 is 0 Å². The Bertz CT molecular complexity index is 1460. The molecule has 0 aromatic heterocycles. The van der Waals surface area contributed by atoms with Gasteiger partial charge in [-0.05, 0) is 103 Å². The van der Waals surface area contributed by atoms with Gasteiger partial charge in [-0.15, -0.1) is 0 Å². The van der Waals surface area contributed by atoms with E-state index in [4.69, 9.17) is 14.2 Å². The Morgan fingerprint density at radius 1 is 0.284 bits per heavy atom. The number of esters is 3. The molecule has 1 unspecified atom stereocenters. The summed E-state index contributed by atoms with van der Waals surface area (Å²) < 4.78 is 16.7. The number of ether oxygens (including phenoxy) is 3. The first kappa shape index (κ1) is 70.3. The maximum absolute atomic E-state index is 12.8. The Morgan fingerprint density at radius 3 is 0.838 bits per heavy atom. The van der Waals surface area contributed by atoms with Crippen molar-refractivity contribution in [3.63, 3.8) is 0 Å². The number of carbonyl (C=O) groups excluding carboxylic acids is 3. The zero-order valence-electron chi connectivity index (χ0n) is 48.6. The van der Waals surface area contributed by atoms with Gasteiger partial charge < -0.3 is 14.2 Å². The van der Waals surface area contributed by atoms with E-state index in [-0.39, 0.29) is 31.1 Å². The van der Waals surface area contributed by atoms with Crippen LogP contribution in [0.4, 0.5) is 0 Å². The Labute approximate surface area is 457 Å². The lowest BCUT2D eigenvalue weighted by Crippen LogP contribution is -2.30. The lowest BCUT2D eigenvalue weighted by Gasteiger charge is -2.18. The molecule has 0 saturated carbocycles. The maximum atomic E-state index is 12.8. The SMILES string of the molecule is CC/C=C\C/C=C\C/C=C\C/C=C\C/C=C\C/C=C\C/C=C\CCCCCCCCCCCCCC(=O)OCC(COC(=O)CCCCCCC)OC(=O)CCCCCCCCC/C=C\CCCCCCCCC. The Kier molecular flexibility index (Phi) is 58.8. The van der Waals surface area contributed by atoms with Gasteiger partial charge in [0.05, 0.1) is 0 Å². The quantitative estimate of drug-likeness (QED) is 0.0261. The minimum atomic E-state index is -0.776. The third kappa shape index (κ3) is 59.2. The summed E-state index contributed by atoms with van der Waals surface area (Å²) in [5.74, 6) is -0.893. The van der Waals surface area contributed by atoms with Crippen LogP contribution in [0.1, 0.15) is 297 Å². The fraction of sp³-hybridized carbons (Fsp3) is 0.721. The van der Waals surface area contributed by atoms with Gasteiger partial charge in [0.2, 0.25) is 0 Å². The number of allylic oxidation sites excluding steroid dienone is 16. The molecular formula is C68H116O6. The van der Waals surface area contributed by atoms with Crippen LogP contribution in [-0.4, -0.2) is 37.2 Å². The average Bonchev–Trinajstić information content (AvgIpc) is 3.40. The molecule has 0 amide bonds. The first-order valence-corrected chi connectivity index (χ1v) is 31.2. The second-order valence-electron chi connectivity index (χ2n) is 20.6. The highest BCUT2D eigenvalue weighted by molar-refractivity contribution is 5.71. The average molecular weight is 1030 g/mol. The molecular weight excluding hydrogens is 913 g/mol. The molecule has 0 N–H and O–H groups in total. The van der Waals surface area contributed by atoms with E-state index in [2.05, 4.69) is 118 Å². The first-order valence-electron chi connectivity index (χ1n) is 31.2. The zero-order chi connectivity index (χ0) is 53.6. The largest absolute Gasteiger partial charge is 0.462 e. The van der Waals surface area contributed by atoms with E-state index in [1.54, 1.807) is 0 Å². The van der Waals surface area contributed by atoms with Gasteiger partial charge in [-0.1, -0.05) is 272 Å². The molecule has 1 atom stereocenters. The minimum Gasteiger partial charge on any atom is -0.462 e. The highest BCUT2D eigenvalue weighted by atomic mass is 16.6. The topological polar surface area (TPSA) is 78.9 Å². The molecule has 74 heavy (non-hydrogen) atoms. The maximum Gasteiger partial charge on any atom is 0.306 e. The van der Waals surface area contributed by atoms with Crippen molar-refractivity contribution in [2.75, 3.05) is 13.2 Å². The molecule has 0 fully saturated rings. The van der Waals surface area contributed by atoms with Crippen molar-refractivity contribution in [2.24, 2.45) is 0 Å². The van der Waals surface area contributed by atoms with E-state index in [0.717, 1.165) is 109 Å². The summed E-state index contributed by atoms with van der Waals surface area (Å²) in [4.78, 5) is 37.9. The molecule has 0 aromatic rings. The monoisotopic (exact) mass is 1030 g/mol. The smallest absolute Gasteiger partial charge is 0.306 e. The van der Waals surface area contributed by atoms with Crippen molar-refractivity contribution in [2.45, 2.75) is 303 Å². The van der Waals surface area contributed by atoms with Crippen LogP contribution in [0.3, 0.4) is 0 Å². The number of hydrogen-bond donors (Lipinski definition) is 0. The van der Waals surface area contributed by atoms with Gasteiger partial charge in [0.15, 0.2) is 6.10 Å².